The van der Waals surface area contributed by atoms with E-state index in [-0.39, 0.29) is 31.3 Å². The Bertz CT molecular complexity index is 774. The molecule has 26 heavy (non-hydrogen) atoms. The van der Waals surface area contributed by atoms with Crippen molar-refractivity contribution in [3.05, 3.63) is 71.3 Å². The number of carboxylic acid groups (broad SMARTS) is 1. The van der Waals surface area contributed by atoms with Crippen molar-refractivity contribution in [1.82, 2.24) is 10.2 Å². The topological polar surface area (TPSA) is 86.7 Å². The van der Waals surface area contributed by atoms with Crippen molar-refractivity contribution in [2.45, 2.75) is 19.4 Å². The van der Waals surface area contributed by atoms with Crippen molar-refractivity contribution in [3.63, 3.8) is 0 Å². The summed E-state index contributed by atoms with van der Waals surface area (Å²) < 4.78 is 0. The summed E-state index contributed by atoms with van der Waals surface area (Å²) in [6.45, 7) is -0.0870. The molecular formula is C20H22N2O4. The molecule has 0 saturated carbocycles. The van der Waals surface area contributed by atoms with Crippen LogP contribution in [0.3, 0.4) is 0 Å². The minimum atomic E-state index is -1.05. The summed E-state index contributed by atoms with van der Waals surface area (Å²) in [5.41, 5.74) is 2.27. The Kier molecular flexibility index (Phi) is 6.91. The molecule has 136 valence electrons. The van der Waals surface area contributed by atoms with Gasteiger partial charge in [0.25, 0.3) is 5.91 Å². The quantitative estimate of drug-likeness (QED) is 0.760. The van der Waals surface area contributed by atoms with Gasteiger partial charge in [-0.3, -0.25) is 14.4 Å². The number of hydrogen-bond acceptors (Lipinski definition) is 3. The summed E-state index contributed by atoms with van der Waals surface area (Å²) in [5.74, 6) is -1.47. The highest BCUT2D eigenvalue weighted by atomic mass is 16.4. The summed E-state index contributed by atoms with van der Waals surface area (Å²) in [6, 6.07) is 16.3. The maximum atomic E-state index is 12.5. The van der Waals surface area contributed by atoms with Crippen molar-refractivity contribution in [2.75, 3.05) is 13.6 Å². The van der Waals surface area contributed by atoms with Crippen LogP contribution < -0.4 is 5.32 Å². The zero-order valence-corrected chi connectivity index (χ0v) is 14.6. The minimum absolute atomic E-state index is 0.178. The maximum Gasteiger partial charge on any atom is 0.323 e. The van der Waals surface area contributed by atoms with Crippen LogP contribution in [0.4, 0.5) is 0 Å². The maximum absolute atomic E-state index is 12.5. The SMILES string of the molecule is CNC(=O)c1cccc(CCC(=O)N(CC(=O)O)Cc2ccccc2)c1. The lowest BCUT2D eigenvalue weighted by atomic mass is 10.1. The second kappa shape index (κ2) is 9.36. The van der Waals surface area contributed by atoms with E-state index in [0.717, 1.165) is 11.1 Å². The van der Waals surface area contributed by atoms with E-state index in [9.17, 15) is 14.4 Å². The molecule has 0 aromatic heterocycles. The Morgan fingerprint density at radius 3 is 2.35 bits per heavy atom. The van der Waals surface area contributed by atoms with Gasteiger partial charge in [-0.1, -0.05) is 42.5 Å². The number of benzene rings is 2. The van der Waals surface area contributed by atoms with E-state index in [1.54, 1.807) is 25.2 Å². The molecule has 6 heteroatoms. The lowest BCUT2D eigenvalue weighted by molar-refractivity contribution is -0.144. The summed E-state index contributed by atoms with van der Waals surface area (Å²) in [4.78, 5) is 36.6. The van der Waals surface area contributed by atoms with Crippen LogP contribution in [0.1, 0.15) is 27.9 Å². The number of amides is 2. The van der Waals surface area contributed by atoms with Crippen molar-refractivity contribution < 1.29 is 19.5 Å². The molecule has 0 atom stereocenters. The second-order valence-corrected chi connectivity index (χ2v) is 5.91. The molecule has 6 nitrogen and oxygen atoms in total. The molecule has 0 unspecified atom stereocenters. The number of carboxylic acids is 1. The zero-order chi connectivity index (χ0) is 18.9. The Hall–Kier alpha value is -3.15. The van der Waals surface area contributed by atoms with Gasteiger partial charge in [0.2, 0.25) is 5.91 Å². The molecule has 0 saturated heterocycles. The molecule has 2 amide bonds. The predicted octanol–water partition coefficient (Wildman–Crippen LogP) is 2.09. The summed E-state index contributed by atoms with van der Waals surface area (Å²) >= 11 is 0. The van der Waals surface area contributed by atoms with Crippen molar-refractivity contribution in [2.24, 2.45) is 0 Å². The lowest BCUT2D eigenvalue weighted by Crippen LogP contribution is -2.35. The number of nitrogens with one attached hydrogen (secondary N) is 1. The first kappa shape index (κ1) is 19.2. The standard InChI is InChI=1S/C20H22N2O4/c1-21-20(26)17-9-5-8-15(12-17)10-11-18(23)22(14-19(24)25)13-16-6-3-2-4-7-16/h2-9,12H,10-11,13-14H2,1H3,(H,21,26)(H,24,25). The van der Waals surface area contributed by atoms with Gasteiger partial charge in [-0.15, -0.1) is 0 Å². The molecular weight excluding hydrogens is 332 g/mol. The monoisotopic (exact) mass is 354 g/mol. The van der Waals surface area contributed by atoms with Gasteiger partial charge in [-0.25, -0.2) is 0 Å². The highest BCUT2D eigenvalue weighted by Crippen LogP contribution is 2.11. The Morgan fingerprint density at radius 2 is 1.69 bits per heavy atom. The van der Waals surface area contributed by atoms with Gasteiger partial charge in [0.15, 0.2) is 0 Å². The Balaban J connectivity index is 2.02. The van der Waals surface area contributed by atoms with Crippen LogP contribution in [0.25, 0.3) is 0 Å². The molecule has 2 aromatic rings. The van der Waals surface area contributed by atoms with Crippen molar-refractivity contribution in [3.8, 4) is 0 Å². The van der Waals surface area contributed by atoms with Gasteiger partial charge in [-0.05, 0) is 29.7 Å². The average molecular weight is 354 g/mol. The van der Waals surface area contributed by atoms with Gasteiger partial charge < -0.3 is 15.3 Å². The first-order chi connectivity index (χ1) is 12.5. The molecule has 0 fully saturated rings. The Labute approximate surface area is 152 Å². The number of hydrogen-bond donors (Lipinski definition) is 2. The molecule has 2 N–H and O–H groups in total. The third-order valence-electron chi connectivity index (χ3n) is 3.94. The fraction of sp³-hybridized carbons (Fsp3) is 0.250. The number of carbonyl (C=O) groups is 3. The number of nitrogens with zero attached hydrogens (tertiary/aromatic N) is 1. The normalized spacial score (nSPS) is 10.2. The highest BCUT2D eigenvalue weighted by molar-refractivity contribution is 5.94. The number of carbonyl (C=O) groups excluding carboxylic acids is 2. The van der Waals surface area contributed by atoms with Gasteiger partial charge in [-0.2, -0.15) is 0 Å². The van der Waals surface area contributed by atoms with Gasteiger partial charge >= 0.3 is 5.97 Å². The van der Waals surface area contributed by atoms with E-state index in [1.165, 1.54) is 4.90 Å². The van der Waals surface area contributed by atoms with Crippen LogP contribution in [0.15, 0.2) is 54.6 Å². The number of rotatable bonds is 8. The summed E-state index contributed by atoms with van der Waals surface area (Å²) in [6.07, 6.45) is 0.617. The van der Waals surface area contributed by atoms with E-state index in [4.69, 9.17) is 5.11 Å². The van der Waals surface area contributed by atoms with Crippen molar-refractivity contribution >= 4 is 17.8 Å². The molecule has 0 heterocycles. The number of aliphatic carboxylic acids is 1. The van der Waals surface area contributed by atoms with Crippen LogP contribution in [0.2, 0.25) is 0 Å². The first-order valence-corrected chi connectivity index (χ1v) is 8.34. The molecule has 2 rings (SSSR count). The third-order valence-corrected chi connectivity index (χ3v) is 3.94. The molecule has 0 aliphatic carbocycles. The van der Waals surface area contributed by atoms with Crippen LogP contribution in [0, 0.1) is 0 Å². The average Bonchev–Trinajstić information content (AvgIpc) is 2.65. The van der Waals surface area contributed by atoms with Crippen LogP contribution in [0.5, 0.6) is 0 Å². The fourth-order valence-corrected chi connectivity index (χ4v) is 2.62. The van der Waals surface area contributed by atoms with Crippen LogP contribution in [-0.4, -0.2) is 41.4 Å². The first-order valence-electron chi connectivity index (χ1n) is 8.34. The van der Waals surface area contributed by atoms with Crippen LogP contribution in [-0.2, 0) is 22.6 Å². The molecule has 0 aliphatic heterocycles. The Morgan fingerprint density at radius 1 is 1.00 bits per heavy atom. The molecule has 0 aliphatic rings. The lowest BCUT2D eigenvalue weighted by Gasteiger charge is -2.21. The molecule has 0 spiro atoms. The van der Waals surface area contributed by atoms with Gasteiger partial charge in [0.1, 0.15) is 6.54 Å². The van der Waals surface area contributed by atoms with Gasteiger partial charge in [0.05, 0.1) is 0 Å². The molecule has 2 aromatic carbocycles. The largest absolute Gasteiger partial charge is 0.480 e. The van der Waals surface area contributed by atoms with Crippen LogP contribution >= 0.6 is 0 Å². The van der Waals surface area contributed by atoms with E-state index < -0.39 is 5.97 Å². The highest BCUT2D eigenvalue weighted by Gasteiger charge is 2.17. The second-order valence-electron chi connectivity index (χ2n) is 5.91. The summed E-state index contributed by atoms with van der Waals surface area (Å²) in [5, 5.41) is 11.6. The number of aryl methyl sites for hydroxylation is 1. The zero-order valence-electron chi connectivity index (χ0n) is 14.6. The van der Waals surface area contributed by atoms with E-state index in [1.807, 2.05) is 36.4 Å². The third kappa shape index (κ3) is 5.73. The fourth-order valence-electron chi connectivity index (χ4n) is 2.62. The molecule has 0 radical (unpaired) electrons. The predicted molar refractivity (Wildman–Crippen MR) is 97.6 cm³/mol. The van der Waals surface area contributed by atoms with E-state index in [0.29, 0.717) is 12.0 Å². The molecule has 0 bridgehead atoms. The smallest absolute Gasteiger partial charge is 0.323 e. The van der Waals surface area contributed by atoms with Crippen molar-refractivity contribution in [1.29, 1.82) is 0 Å². The van der Waals surface area contributed by atoms with Gasteiger partial charge in [0, 0.05) is 25.6 Å². The summed E-state index contributed by atoms with van der Waals surface area (Å²) in [7, 11) is 1.56. The van der Waals surface area contributed by atoms with E-state index >= 15 is 0 Å². The minimum Gasteiger partial charge on any atom is -0.480 e. The van der Waals surface area contributed by atoms with E-state index in [2.05, 4.69) is 5.32 Å².